The molecule has 4 aromatic carbocycles. The fourth-order valence-corrected chi connectivity index (χ4v) is 5.87. The second-order valence-electron chi connectivity index (χ2n) is 8.21. The molecule has 0 unspecified atom stereocenters. The van der Waals surface area contributed by atoms with Crippen LogP contribution in [0.15, 0.2) is 84.9 Å². The zero-order valence-electron chi connectivity index (χ0n) is 18.0. The Labute approximate surface area is 205 Å². The molecule has 0 aromatic heterocycles. The molecule has 2 aliphatic rings. The van der Waals surface area contributed by atoms with Crippen molar-refractivity contribution in [1.82, 2.24) is 0 Å². The maximum absolute atomic E-state index is 13.2. The molecule has 6 rings (SSSR count). The topological polar surface area (TPSA) is 96.0 Å². The van der Waals surface area contributed by atoms with E-state index in [-0.39, 0.29) is 23.0 Å². The Bertz CT molecular complexity index is 1650. The Morgan fingerprint density at radius 2 is 1.00 bits per heavy atom. The smallest absolute Gasteiger partial charge is 0.456 e. The third-order valence-corrected chi connectivity index (χ3v) is 7.06. The number of fused-ring (bicyclic) bond motifs is 9. The molecule has 0 saturated heterocycles. The third kappa shape index (κ3) is 3.42. The zero-order valence-corrected chi connectivity index (χ0v) is 19.6. The minimum atomic E-state index is -5.30. The highest BCUT2D eigenvalue weighted by atomic mass is 32.3. The summed E-state index contributed by atoms with van der Waals surface area (Å²) in [7, 11) is -10.6. The van der Waals surface area contributed by atoms with Crippen molar-refractivity contribution < 1.29 is 37.7 Å². The molecular weight excluding hydrogens is 514 g/mol. The first-order chi connectivity index (χ1) is 17.1. The number of hydrogen-bond donors (Lipinski definition) is 0. The molecule has 1 heterocycles. The van der Waals surface area contributed by atoms with Gasteiger partial charge in [-0.1, -0.05) is 56.3 Å². The molecule has 0 bridgehead atoms. The lowest BCUT2D eigenvalue weighted by molar-refractivity contribution is 0.418. The summed E-state index contributed by atoms with van der Waals surface area (Å²) in [5.41, 5.74) is 3.92. The number of hydrogen-bond acceptors (Lipinski definition) is 7. The molecule has 1 aliphatic carbocycles. The monoisotopic (exact) mass is 528 g/mol. The van der Waals surface area contributed by atoms with E-state index in [1.165, 1.54) is 24.3 Å². The fraction of sp³-hybridized carbons (Fsp3) is 0.0400. The van der Waals surface area contributed by atoms with E-state index < -0.39 is 26.4 Å². The van der Waals surface area contributed by atoms with Gasteiger partial charge in [0.05, 0.1) is 5.41 Å². The van der Waals surface area contributed by atoms with Gasteiger partial charge in [-0.2, -0.15) is 16.8 Å². The first-order valence-corrected chi connectivity index (χ1v) is 13.1. The van der Waals surface area contributed by atoms with Crippen LogP contribution in [0.5, 0.6) is 23.0 Å². The summed E-state index contributed by atoms with van der Waals surface area (Å²) in [5, 5.41) is 0. The van der Waals surface area contributed by atoms with Crippen molar-refractivity contribution in [2.45, 2.75) is 5.41 Å². The first-order valence-electron chi connectivity index (χ1n) is 10.5. The van der Waals surface area contributed by atoms with Crippen molar-refractivity contribution in [3.63, 3.8) is 0 Å². The van der Waals surface area contributed by atoms with Crippen LogP contribution in [-0.4, -0.2) is 16.8 Å². The number of ether oxygens (including phenoxy) is 1. The summed E-state index contributed by atoms with van der Waals surface area (Å²) in [4.78, 5) is 0. The van der Waals surface area contributed by atoms with Gasteiger partial charge in [0.1, 0.15) is 23.0 Å². The quantitative estimate of drug-likeness (QED) is 0.285. The van der Waals surface area contributed by atoms with Crippen molar-refractivity contribution in [3.05, 3.63) is 107 Å². The number of benzene rings is 4. The Morgan fingerprint density at radius 1 is 0.583 bits per heavy atom. The van der Waals surface area contributed by atoms with Crippen molar-refractivity contribution in [2.24, 2.45) is 0 Å². The van der Waals surface area contributed by atoms with Crippen LogP contribution in [0, 0.1) is 0 Å². The van der Waals surface area contributed by atoms with E-state index in [1.807, 2.05) is 48.5 Å². The minimum Gasteiger partial charge on any atom is -0.456 e. The molecule has 11 heteroatoms. The van der Waals surface area contributed by atoms with Crippen molar-refractivity contribution >= 4 is 21.0 Å². The van der Waals surface area contributed by atoms with Crippen LogP contribution >= 0.6 is 0 Å². The molecule has 4 aromatic rings. The lowest BCUT2D eigenvalue weighted by Gasteiger charge is -2.39. The van der Waals surface area contributed by atoms with Crippen LogP contribution in [-0.2, 0) is 26.4 Å². The van der Waals surface area contributed by atoms with Crippen LogP contribution in [0.4, 0.5) is 7.77 Å². The molecule has 0 saturated carbocycles. The van der Waals surface area contributed by atoms with Gasteiger partial charge in [0.25, 0.3) is 0 Å². The van der Waals surface area contributed by atoms with Crippen LogP contribution in [0.1, 0.15) is 22.3 Å². The van der Waals surface area contributed by atoms with E-state index in [1.54, 1.807) is 12.1 Å². The van der Waals surface area contributed by atoms with Crippen LogP contribution < -0.4 is 13.1 Å². The molecule has 0 radical (unpaired) electrons. The summed E-state index contributed by atoms with van der Waals surface area (Å²) >= 11 is 0. The molecule has 1 spiro atoms. The summed E-state index contributed by atoms with van der Waals surface area (Å²) < 4.78 is 85.6. The van der Waals surface area contributed by atoms with Crippen LogP contribution in [0.25, 0.3) is 11.1 Å². The minimum absolute atomic E-state index is 0.135. The van der Waals surface area contributed by atoms with Gasteiger partial charge in [-0.05, 0) is 46.5 Å². The summed E-state index contributed by atoms with van der Waals surface area (Å²) in [6.45, 7) is 0. The third-order valence-electron chi connectivity index (χ3n) is 6.28. The van der Waals surface area contributed by atoms with E-state index >= 15 is 0 Å². The molecular formula is C25H14F2O7S2. The van der Waals surface area contributed by atoms with Gasteiger partial charge in [-0.3, -0.25) is 0 Å². The highest BCUT2D eigenvalue weighted by Gasteiger charge is 2.51. The molecule has 0 amide bonds. The lowest BCUT2D eigenvalue weighted by atomic mass is 9.66. The van der Waals surface area contributed by atoms with E-state index in [0.29, 0.717) is 11.1 Å². The maximum Gasteiger partial charge on any atom is 0.488 e. The Hall–Kier alpha value is -3.96. The van der Waals surface area contributed by atoms with Gasteiger partial charge in [0.2, 0.25) is 0 Å². The Balaban J connectivity index is 1.68. The average Bonchev–Trinajstić information content (AvgIpc) is 3.08. The molecule has 1 aliphatic heterocycles. The second kappa shape index (κ2) is 7.52. The van der Waals surface area contributed by atoms with Crippen LogP contribution in [0.2, 0.25) is 0 Å². The average molecular weight is 529 g/mol. The summed E-state index contributed by atoms with van der Waals surface area (Å²) in [5.74, 6) is -0.382. The van der Waals surface area contributed by atoms with Crippen molar-refractivity contribution in [2.75, 3.05) is 0 Å². The molecule has 182 valence electrons. The van der Waals surface area contributed by atoms with Gasteiger partial charge in [0.15, 0.2) is 0 Å². The normalized spacial score (nSPS) is 14.7. The molecule has 7 nitrogen and oxygen atoms in total. The van der Waals surface area contributed by atoms with E-state index in [2.05, 4.69) is 8.37 Å². The predicted octanol–water partition coefficient (Wildman–Crippen LogP) is 5.34. The first kappa shape index (κ1) is 22.5. The van der Waals surface area contributed by atoms with Gasteiger partial charge in [-0.25, -0.2) is 0 Å². The highest BCUT2D eigenvalue weighted by molar-refractivity contribution is 7.82. The van der Waals surface area contributed by atoms with E-state index in [9.17, 15) is 24.6 Å². The fourth-order valence-electron chi connectivity index (χ4n) is 5.21. The van der Waals surface area contributed by atoms with Gasteiger partial charge < -0.3 is 13.1 Å². The summed E-state index contributed by atoms with van der Waals surface area (Å²) in [6.07, 6.45) is 0. The van der Waals surface area contributed by atoms with Gasteiger partial charge >= 0.3 is 21.0 Å². The highest BCUT2D eigenvalue weighted by Crippen LogP contribution is 2.62. The maximum atomic E-state index is 13.2. The molecule has 36 heavy (non-hydrogen) atoms. The lowest BCUT2D eigenvalue weighted by Crippen LogP contribution is -2.32. The number of halogens is 2. The van der Waals surface area contributed by atoms with E-state index in [0.717, 1.165) is 22.3 Å². The number of rotatable bonds is 4. The van der Waals surface area contributed by atoms with Gasteiger partial charge in [0, 0.05) is 23.3 Å². The molecule has 0 fully saturated rings. The Morgan fingerprint density at radius 3 is 1.42 bits per heavy atom. The SMILES string of the molecule is O=S(=O)(F)Oc1ccc2c(c1)Oc1cc(OS(=O)(=O)F)ccc1C21c2ccccc2-c2ccccc21. The van der Waals surface area contributed by atoms with Gasteiger partial charge in [-0.15, -0.1) is 0 Å². The van der Waals surface area contributed by atoms with E-state index in [4.69, 9.17) is 4.74 Å². The molecule has 0 N–H and O–H groups in total. The van der Waals surface area contributed by atoms with Crippen molar-refractivity contribution in [1.29, 1.82) is 0 Å². The second-order valence-corrected chi connectivity index (χ2v) is 10.1. The predicted molar refractivity (Wildman–Crippen MR) is 125 cm³/mol. The van der Waals surface area contributed by atoms with Crippen LogP contribution in [0.3, 0.4) is 0 Å². The molecule has 0 atom stereocenters. The Kier molecular flexibility index (Phi) is 4.70. The van der Waals surface area contributed by atoms with Crippen molar-refractivity contribution in [3.8, 4) is 34.1 Å². The standard InChI is InChI=1S/C25H14F2O7S2/c26-35(28,29)33-15-9-11-21-23(13-15)32-24-14-16(34-36(27,30)31)10-12-22(24)25(21)19-7-3-1-5-17(19)18-6-2-4-8-20(18)25/h1-14H. The largest absolute Gasteiger partial charge is 0.488 e. The zero-order chi connectivity index (χ0) is 25.3. The summed E-state index contributed by atoms with van der Waals surface area (Å²) in [6, 6.07) is 23.7.